The number of benzene rings is 2. The summed E-state index contributed by atoms with van der Waals surface area (Å²) in [7, 11) is 0. The van der Waals surface area contributed by atoms with Gasteiger partial charge in [0.2, 0.25) is 0 Å². The van der Waals surface area contributed by atoms with Crippen LogP contribution in [0, 0.1) is 5.82 Å². The summed E-state index contributed by atoms with van der Waals surface area (Å²) in [5.41, 5.74) is 7.44. The molecular formula is C14H13BrClFN2. The van der Waals surface area contributed by atoms with Crippen LogP contribution in [0.25, 0.3) is 0 Å². The molecule has 2 aromatic rings. The summed E-state index contributed by atoms with van der Waals surface area (Å²) in [4.78, 5) is 0. The molecule has 0 heterocycles. The summed E-state index contributed by atoms with van der Waals surface area (Å²) in [5, 5.41) is 3.92. The third-order valence-corrected chi connectivity index (χ3v) is 3.66. The van der Waals surface area contributed by atoms with Crippen LogP contribution in [-0.4, -0.2) is 6.54 Å². The first-order chi connectivity index (χ1) is 9.10. The Bertz CT molecular complexity index is 560. The molecule has 0 fully saturated rings. The highest BCUT2D eigenvalue weighted by Gasteiger charge is 2.11. The van der Waals surface area contributed by atoms with Crippen molar-refractivity contribution in [3.63, 3.8) is 0 Å². The highest BCUT2D eigenvalue weighted by atomic mass is 79.9. The van der Waals surface area contributed by atoms with E-state index in [1.165, 1.54) is 6.07 Å². The van der Waals surface area contributed by atoms with E-state index >= 15 is 0 Å². The van der Waals surface area contributed by atoms with E-state index in [0.29, 0.717) is 16.0 Å². The van der Waals surface area contributed by atoms with Crippen molar-refractivity contribution in [2.24, 2.45) is 5.73 Å². The van der Waals surface area contributed by atoms with Crippen molar-refractivity contribution in [3.05, 3.63) is 63.3 Å². The molecule has 0 aliphatic heterocycles. The van der Waals surface area contributed by atoms with Crippen LogP contribution in [0.2, 0.25) is 5.02 Å². The van der Waals surface area contributed by atoms with Crippen molar-refractivity contribution in [1.29, 1.82) is 0 Å². The Kier molecular flexibility index (Phi) is 4.80. The van der Waals surface area contributed by atoms with Crippen LogP contribution in [0.1, 0.15) is 11.6 Å². The molecule has 1 unspecified atom stereocenters. The van der Waals surface area contributed by atoms with Gasteiger partial charge in [0.1, 0.15) is 5.82 Å². The van der Waals surface area contributed by atoms with Gasteiger partial charge in [-0.3, -0.25) is 0 Å². The fraction of sp³-hybridized carbons (Fsp3) is 0.143. The van der Waals surface area contributed by atoms with E-state index in [4.69, 9.17) is 17.3 Å². The van der Waals surface area contributed by atoms with E-state index in [1.807, 2.05) is 18.2 Å². The number of halogens is 3. The van der Waals surface area contributed by atoms with E-state index in [9.17, 15) is 4.39 Å². The molecule has 0 radical (unpaired) electrons. The molecule has 19 heavy (non-hydrogen) atoms. The van der Waals surface area contributed by atoms with Crippen molar-refractivity contribution in [1.82, 2.24) is 0 Å². The van der Waals surface area contributed by atoms with Crippen molar-refractivity contribution in [2.45, 2.75) is 6.04 Å². The molecule has 0 aliphatic rings. The molecule has 2 nitrogen and oxygen atoms in total. The summed E-state index contributed by atoms with van der Waals surface area (Å²) < 4.78 is 14.0. The third kappa shape index (κ3) is 3.69. The normalized spacial score (nSPS) is 12.2. The molecule has 1 atom stereocenters. The van der Waals surface area contributed by atoms with E-state index in [0.717, 1.165) is 11.3 Å². The quantitative estimate of drug-likeness (QED) is 0.866. The van der Waals surface area contributed by atoms with E-state index in [1.54, 1.807) is 18.2 Å². The number of hydrogen-bond acceptors (Lipinski definition) is 2. The van der Waals surface area contributed by atoms with Gasteiger partial charge in [-0.1, -0.05) is 17.7 Å². The summed E-state index contributed by atoms with van der Waals surface area (Å²) in [6.45, 7) is 0.365. The molecule has 100 valence electrons. The summed E-state index contributed by atoms with van der Waals surface area (Å²) >= 11 is 8.96. The van der Waals surface area contributed by atoms with E-state index in [2.05, 4.69) is 21.2 Å². The Morgan fingerprint density at radius 2 is 1.89 bits per heavy atom. The predicted molar refractivity (Wildman–Crippen MR) is 81.0 cm³/mol. The SMILES string of the molecule is NCC(Nc1ccc(Cl)cc1)c1ccc(Br)c(F)c1. The molecule has 0 spiro atoms. The lowest BCUT2D eigenvalue weighted by Gasteiger charge is -2.19. The minimum absolute atomic E-state index is 0.149. The maximum absolute atomic E-state index is 13.5. The van der Waals surface area contributed by atoms with Crippen molar-refractivity contribution in [3.8, 4) is 0 Å². The lowest BCUT2D eigenvalue weighted by molar-refractivity contribution is 0.615. The van der Waals surface area contributed by atoms with Gasteiger partial charge < -0.3 is 11.1 Å². The summed E-state index contributed by atoms with van der Waals surface area (Å²) in [6, 6.07) is 12.2. The minimum Gasteiger partial charge on any atom is -0.377 e. The highest BCUT2D eigenvalue weighted by molar-refractivity contribution is 9.10. The van der Waals surface area contributed by atoms with Crippen molar-refractivity contribution >= 4 is 33.2 Å². The summed E-state index contributed by atoms with van der Waals surface area (Å²) in [6.07, 6.45) is 0. The second-order valence-electron chi connectivity index (χ2n) is 4.11. The molecule has 2 rings (SSSR count). The highest BCUT2D eigenvalue weighted by Crippen LogP contribution is 2.24. The first-order valence-corrected chi connectivity index (χ1v) is 6.94. The number of nitrogens with two attached hydrogens (primary N) is 1. The lowest BCUT2D eigenvalue weighted by Crippen LogP contribution is -2.20. The first-order valence-electron chi connectivity index (χ1n) is 5.77. The van der Waals surface area contributed by atoms with Gasteiger partial charge in [-0.2, -0.15) is 0 Å². The van der Waals surface area contributed by atoms with Crippen molar-refractivity contribution < 1.29 is 4.39 Å². The zero-order chi connectivity index (χ0) is 13.8. The number of anilines is 1. The van der Waals surface area contributed by atoms with Gasteiger partial charge in [0.15, 0.2) is 0 Å². The molecule has 2 aromatic carbocycles. The number of rotatable bonds is 4. The fourth-order valence-corrected chi connectivity index (χ4v) is 2.13. The topological polar surface area (TPSA) is 38.0 Å². The predicted octanol–water partition coefficient (Wildman–Crippen LogP) is 4.35. The maximum Gasteiger partial charge on any atom is 0.137 e. The Hall–Kier alpha value is -1.10. The van der Waals surface area contributed by atoms with Crippen molar-refractivity contribution in [2.75, 3.05) is 11.9 Å². The molecule has 5 heteroatoms. The summed E-state index contributed by atoms with van der Waals surface area (Å²) in [5.74, 6) is -0.297. The fourth-order valence-electron chi connectivity index (χ4n) is 1.75. The standard InChI is InChI=1S/C14H13BrClFN2/c15-12-6-1-9(7-13(12)17)14(8-18)19-11-4-2-10(16)3-5-11/h1-7,14,19H,8,18H2. The second kappa shape index (κ2) is 6.37. The smallest absolute Gasteiger partial charge is 0.137 e. The third-order valence-electron chi connectivity index (χ3n) is 2.77. The molecule has 0 saturated heterocycles. The first kappa shape index (κ1) is 14.3. The molecule has 0 aromatic heterocycles. The number of nitrogens with one attached hydrogen (secondary N) is 1. The van der Waals surface area contributed by atoms with Gasteiger partial charge >= 0.3 is 0 Å². The lowest BCUT2D eigenvalue weighted by atomic mass is 10.1. The minimum atomic E-state index is -0.297. The van der Waals surface area contributed by atoms with Gasteiger partial charge in [0, 0.05) is 17.3 Å². The van der Waals surface area contributed by atoms with Crippen LogP contribution < -0.4 is 11.1 Å². The van der Waals surface area contributed by atoms with Crippen LogP contribution in [0.4, 0.5) is 10.1 Å². The van der Waals surface area contributed by atoms with Gasteiger partial charge in [-0.15, -0.1) is 0 Å². The largest absolute Gasteiger partial charge is 0.377 e. The molecule has 0 aliphatic carbocycles. The van der Waals surface area contributed by atoms with Gasteiger partial charge in [0.05, 0.1) is 10.5 Å². The van der Waals surface area contributed by atoms with Crippen LogP contribution in [-0.2, 0) is 0 Å². The molecular weight excluding hydrogens is 331 g/mol. The number of hydrogen-bond donors (Lipinski definition) is 2. The van der Waals surface area contributed by atoms with Gasteiger partial charge in [-0.05, 0) is 57.9 Å². The average molecular weight is 344 g/mol. The second-order valence-corrected chi connectivity index (χ2v) is 5.40. The molecule has 0 saturated carbocycles. The zero-order valence-corrected chi connectivity index (χ0v) is 12.4. The monoisotopic (exact) mass is 342 g/mol. The zero-order valence-electron chi connectivity index (χ0n) is 10.0. The maximum atomic E-state index is 13.5. The van der Waals surface area contributed by atoms with Crippen LogP contribution in [0.15, 0.2) is 46.9 Å². The molecule has 0 amide bonds. The van der Waals surface area contributed by atoms with Crippen LogP contribution >= 0.6 is 27.5 Å². The van der Waals surface area contributed by atoms with E-state index < -0.39 is 0 Å². The Morgan fingerprint density at radius 1 is 1.21 bits per heavy atom. The molecule has 3 N–H and O–H groups in total. The van der Waals surface area contributed by atoms with E-state index in [-0.39, 0.29) is 11.9 Å². The van der Waals surface area contributed by atoms with Crippen LogP contribution in [0.3, 0.4) is 0 Å². The Balaban J connectivity index is 2.19. The Labute approximate surface area is 124 Å². The Morgan fingerprint density at radius 3 is 2.47 bits per heavy atom. The van der Waals surface area contributed by atoms with Gasteiger partial charge in [0.25, 0.3) is 0 Å². The molecule has 0 bridgehead atoms. The van der Waals surface area contributed by atoms with Gasteiger partial charge in [-0.25, -0.2) is 4.39 Å². The van der Waals surface area contributed by atoms with Crippen LogP contribution in [0.5, 0.6) is 0 Å². The average Bonchev–Trinajstić information content (AvgIpc) is 2.41.